The molecular weight excluding hydrogens is 164 g/mol. The molecule has 0 bridgehead atoms. The molecule has 13 heavy (non-hydrogen) atoms. The largest absolute Gasteiger partial charge is 0.424 e. The van der Waals surface area contributed by atoms with Gasteiger partial charge in [0.2, 0.25) is 12.3 Å². The van der Waals surface area contributed by atoms with E-state index in [4.69, 9.17) is 4.42 Å². The molecular formula is C10H8N2O. The highest BCUT2D eigenvalue weighted by Crippen LogP contribution is 2.04. The van der Waals surface area contributed by atoms with Crippen molar-refractivity contribution < 1.29 is 4.42 Å². The summed E-state index contributed by atoms with van der Waals surface area (Å²) >= 11 is 0. The third-order valence-corrected chi connectivity index (χ3v) is 1.59. The smallest absolute Gasteiger partial charge is 0.240 e. The van der Waals surface area contributed by atoms with Crippen molar-refractivity contribution in [2.24, 2.45) is 0 Å². The summed E-state index contributed by atoms with van der Waals surface area (Å²) in [5.74, 6) is 0.517. The van der Waals surface area contributed by atoms with Crippen LogP contribution in [0.2, 0.25) is 0 Å². The van der Waals surface area contributed by atoms with Gasteiger partial charge >= 0.3 is 0 Å². The van der Waals surface area contributed by atoms with Gasteiger partial charge in [0.15, 0.2) is 0 Å². The lowest BCUT2D eigenvalue weighted by molar-refractivity contribution is 0.543. The second-order valence-electron chi connectivity index (χ2n) is 2.52. The Hall–Kier alpha value is -1.90. The molecule has 0 saturated heterocycles. The van der Waals surface area contributed by atoms with Gasteiger partial charge in [0.05, 0.1) is 0 Å². The highest BCUT2D eigenvalue weighted by atomic mass is 16.4. The Morgan fingerprint density at radius 1 is 1.08 bits per heavy atom. The van der Waals surface area contributed by atoms with Gasteiger partial charge in [0, 0.05) is 6.08 Å². The van der Waals surface area contributed by atoms with E-state index in [0.29, 0.717) is 5.89 Å². The highest BCUT2D eigenvalue weighted by molar-refractivity contribution is 5.65. The van der Waals surface area contributed by atoms with Crippen LogP contribution in [0.5, 0.6) is 0 Å². The van der Waals surface area contributed by atoms with E-state index in [1.807, 2.05) is 36.4 Å². The third kappa shape index (κ3) is 2.02. The molecule has 0 aliphatic rings. The zero-order valence-electron chi connectivity index (χ0n) is 6.92. The first kappa shape index (κ1) is 7.73. The van der Waals surface area contributed by atoms with Crippen LogP contribution in [-0.4, -0.2) is 10.2 Å². The van der Waals surface area contributed by atoms with Crippen molar-refractivity contribution in [3.63, 3.8) is 0 Å². The van der Waals surface area contributed by atoms with Crippen molar-refractivity contribution in [2.45, 2.75) is 0 Å². The van der Waals surface area contributed by atoms with Gasteiger partial charge in [-0.3, -0.25) is 0 Å². The SMILES string of the molecule is C(=Cc1nnco1)c1ccccc1. The lowest BCUT2D eigenvalue weighted by Crippen LogP contribution is -1.71. The van der Waals surface area contributed by atoms with E-state index in [9.17, 15) is 0 Å². The Morgan fingerprint density at radius 2 is 1.92 bits per heavy atom. The molecule has 0 radical (unpaired) electrons. The maximum Gasteiger partial charge on any atom is 0.240 e. The Kier molecular flexibility index (Phi) is 2.18. The van der Waals surface area contributed by atoms with Crippen molar-refractivity contribution in [3.05, 3.63) is 48.2 Å². The maximum atomic E-state index is 4.95. The quantitative estimate of drug-likeness (QED) is 0.697. The van der Waals surface area contributed by atoms with E-state index in [1.165, 1.54) is 6.39 Å². The van der Waals surface area contributed by atoms with Gasteiger partial charge in [-0.15, -0.1) is 10.2 Å². The maximum absolute atomic E-state index is 4.95. The lowest BCUT2D eigenvalue weighted by atomic mass is 10.2. The van der Waals surface area contributed by atoms with Crippen molar-refractivity contribution in [2.75, 3.05) is 0 Å². The average Bonchev–Trinajstić information content (AvgIpc) is 2.69. The Balaban J connectivity index is 2.15. The molecule has 0 amide bonds. The molecule has 0 spiro atoms. The van der Waals surface area contributed by atoms with Crippen LogP contribution in [-0.2, 0) is 0 Å². The van der Waals surface area contributed by atoms with Crippen LogP contribution in [0.4, 0.5) is 0 Å². The van der Waals surface area contributed by atoms with Gasteiger partial charge in [0.25, 0.3) is 0 Å². The van der Waals surface area contributed by atoms with Crippen LogP contribution in [0, 0.1) is 0 Å². The van der Waals surface area contributed by atoms with E-state index in [1.54, 1.807) is 6.08 Å². The zero-order chi connectivity index (χ0) is 8.93. The van der Waals surface area contributed by atoms with Crippen molar-refractivity contribution in [1.82, 2.24) is 10.2 Å². The molecule has 2 aromatic rings. The summed E-state index contributed by atoms with van der Waals surface area (Å²) < 4.78 is 4.95. The number of aromatic nitrogens is 2. The predicted octanol–water partition coefficient (Wildman–Crippen LogP) is 2.24. The van der Waals surface area contributed by atoms with Crippen LogP contribution in [0.3, 0.4) is 0 Å². The first-order valence-corrected chi connectivity index (χ1v) is 3.94. The molecule has 64 valence electrons. The summed E-state index contributed by atoms with van der Waals surface area (Å²) in [6, 6.07) is 9.95. The summed E-state index contributed by atoms with van der Waals surface area (Å²) in [6.07, 6.45) is 5.01. The molecule has 3 heteroatoms. The third-order valence-electron chi connectivity index (χ3n) is 1.59. The fourth-order valence-electron chi connectivity index (χ4n) is 0.986. The second kappa shape index (κ2) is 3.67. The van der Waals surface area contributed by atoms with Crippen molar-refractivity contribution in [1.29, 1.82) is 0 Å². The Bertz CT molecular complexity index is 379. The lowest BCUT2D eigenvalue weighted by Gasteiger charge is -1.88. The summed E-state index contributed by atoms with van der Waals surface area (Å²) in [4.78, 5) is 0. The minimum Gasteiger partial charge on any atom is -0.424 e. The van der Waals surface area contributed by atoms with Gasteiger partial charge in [0.1, 0.15) is 0 Å². The van der Waals surface area contributed by atoms with Gasteiger partial charge in [-0.2, -0.15) is 0 Å². The van der Waals surface area contributed by atoms with Crippen LogP contribution >= 0.6 is 0 Å². The number of hydrogen-bond donors (Lipinski definition) is 0. The minimum atomic E-state index is 0.517. The molecule has 0 atom stereocenters. The van der Waals surface area contributed by atoms with E-state index in [0.717, 1.165) is 5.56 Å². The molecule has 0 N–H and O–H groups in total. The van der Waals surface area contributed by atoms with Crippen LogP contribution in [0.25, 0.3) is 12.2 Å². The summed E-state index contributed by atoms with van der Waals surface area (Å²) in [7, 11) is 0. The standard InChI is InChI=1S/C10H8N2O/c1-2-4-9(5-3-1)6-7-10-12-11-8-13-10/h1-8H. The Labute approximate surface area is 75.7 Å². The van der Waals surface area contributed by atoms with Gasteiger partial charge in [-0.05, 0) is 11.6 Å². The van der Waals surface area contributed by atoms with E-state index < -0.39 is 0 Å². The van der Waals surface area contributed by atoms with Gasteiger partial charge in [-0.1, -0.05) is 30.3 Å². The van der Waals surface area contributed by atoms with Gasteiger partial charge < -0.3 is 4.42 Å². The van der Waals surface area contributed by atoms with Crippen LogP contribution in [0.15, 0.2) is 41.1 Å². The number of benzene rings is 1. The van der Waals surface area contributed by atoms with Crippen LogP contribution < -0.4 is 0 Å². The Morgan fingerprint density at radius 3 is 2.62 bits per heavy atom. The minimum absolute atomic E-state index is 0.517. The monoisotopic (exact) mass is 172 g/mol. The number of rotatable bonds is 2. The average molecular weight is 172 g/mol. The summed E-state index contributed by atoms with van der Waals surface area (Å²) in [5, 5.41) is 7.29. The summed E-state index contributed by atoms with van der Waals surface area (Å²) in [6.45, 7) is 0. The molecule has 0 unspecified atom stereocenters. The topological polar surface area (TPSA) is 38.9 Å². The molecule has 3 nitrogen and oxygen atoms in total. The predicted molar refractivity (Wildman–Crippen MR) is 49.7 cm³/mol. The summed E-state index contributed by atoms with van der Waals surface area (Å²) in [5.41, 5.74) is 1.11. The molecule has 0 aliphatic heterocycles. The first-order valence-electron chi connectivity index (χ1n) is 3.94. The van der Waals surface area contributed by atoms with Crippen molar-refractivity contribution >= 4 is 12.2 Å². The fraction of sp³-hybridized carbons (Fsp3) is 0. The zero-order valence-corrected chi connectivity index (χ0v) is 6.92. The van der Waals surface area contributed by atoms with E-state index in [-0.39, 0.29) is 0 Å². The van der Waals surface area contributed by atoms with E-state index >= 15 is 0 Å². The highest BCUT2D eigenvalue weighted by Gasteiger charge is 1.89. The van der Waals surface area contributed by atoms with Crippen molar-refractivity contribution in [3.8, 4) is 0 Å². The van der Waals surface area contributed by atoms with E-state index in [2.05, 4.69) is 10.2 Å². The molecule has 1 heterocycles. The molecule has 2 rings (SSSR count). The second-order valence-corrected chi connectivity index (χ2v) is 2.52. The number of hydrogen-bond acceptors (Lipinski definition) is 3. The molecule has 1 aromatic heterocycles. The normalized spacial score (nSPS) is 10.8. The first-order chi connectivity index (χ1) is 6.45. The molecule has 0 saturated carbocycles. The molecule has 0 aliphatic carbocycles. The molecule has 0 fully saturated rings. The molecule has 1 aromatic carbocycles. The van der Waals surface area contributed by atoms with Gasteiger partial charge in [-0.25, -0.2) is 0 Å². The van der Waals surface area contributed by atoms with Crippen LogP contribution in [0.1, 0.15) is 11.5 Å². The number of nitrogens with zero attached hydrogens (tertiary/aromatic N) is 2. The fourth-order valence-corrected chi connectivity index (χ4v) is 0.986.